The zero-order valence-electron chi connectivity index (χ0n) is 13.7. The molecule has 5 nitrogen and oxygen atoms in total. The molecule has 0 aliphatic carbocycles. The molecule has 128 valence electrons. The molecule has 5 rings (SSSR count). The van der Waals surface area contributed by atoms with Crippen molar-refractivity contribution >= 4 is 44.4 Å². The predicted octanol–water partition coefficient (Wildman–Crippen LogP) is 3.61. The van der Waals surface area contributed by atoms with E-state index in [4.69, 9.17) is 4.98 Å². The van der Waals surface area contributed by atoms with Crippen LogP contribution < -0.4 is 0 Å². The second-order valence-electron chi connectivity index (χ2n) is 6.48. The number of carbonyl (C=O) groups excluding carboxylic acids is 1. The Kier molecular flexibility index (Phi) is 3.78. The molecule has 25 heavy (non-hydrogen) atoms. The number of amidine groups is 1. The molecular weight excluding hydrogens is 352 g/mol. The summed E-state index contributed by atoms with van der Waals surface area (Å²) in [5.41, 5.74) is 2.14. The van der Waals surface area contributed by atoms with Crippen LogP contribution in [0.2, 0.25) is 0 Å². The van der Waals surface area contributed by atoms with Gasteiger partial charge >= 0.3 is 0 Å². The maximum Gasteiger partial charge on any atom is 0.229 e. The van der Waals surface area contributed by atoms with Gasteiger partial charge in [-0.25, -0.2) is 4.98 Å². The number of benzene rings is 1. The Morgan fingerprint density at radius 1 is 1.28 bits per heavy atom. The Bertz CT molecular complexity index is 870. The molecule has 1 fully saturated rings. The van der Waals surface area contributed by atoms with Crippen molar-refractivity contribution in [3.63, 3.8) is 0 Å². The van der Waals surface area contributed by atoms with E-state index in [0.717, 1.165) is 53.9 Å². The Labute approximate surface area is 154 Å². The molecule has 7 heteroatoms. The van der Waals surface area contributed by atoms with Gasteiger partial charge in [0.2, 0.25) is 5.91 Å². The van der Waals surface area contributed by atoms with E-state index >= 15 is 0 Å². The number of rotatable bonds is 3. The number of likely N-dealkylation sites (tertiary alicyclic amines) is 1. The van der Waals surface area contributed by atoms with Crippen molar-refractivity contribution in [2.45, 2.75) is 25.3 Å². The van der Waals surface area contributed by atoms with Gasteiger partial charge in [-0.1, -0.05) is 23.9 Å². The van der Waals surface area contributed by atoms with Gasteiger partial charge in [-0.3, -0.25) is 9.79 Å². The molecule has 3 aliphatic rings. The summed E-state index contributed by atoms with van der Waals surface area (Å²) in [6.07, 6.45) is 2.53. The van der Waals surface area contributed by atoms with Crippen LogP contribution in [-0.4, -0.2) is 45.5 Å². The van der Waals surface area contributed by atoms with Gasteiger partial charge in [-0.15, -0.1) is 11.3 Å². The third kappa shape index (κ3) is 2.66. The molecular formula is C18H18N4OS2. The first kappa shape index (κ1) is 15.4. The lowest BCUT2D eigenvalue weighted by atomic mass is 10.2. The van der Waals surface area contributed by atoms with Gasteiger partial charge in [0.1, 0.15) is 5.01 Å². The van der Waals surface area contributed by atoms with E-state index < -0.39 is 0 Å². The number of thiazole rings is 1. The quantitative estimate of drug-likeness (QED) is 0.828. The molecule has 1 aromatic heterocycles. The van der Waals surface area contributed by atoms with E-state index in [2.05, 4.69) is 21.4 Å². The molecule has 1 aromatic carbocycles. The molecule has 0 bridgehead atoms. The molecule has 1 atom stereocenters. The number of carbonyl (C=O) groups is 1. The molecule has 1 saturated heterocycles. The van der Waals surface area contributed by atoms with E-state index in [9.17, 15) is 4.79 Å². The minimum atomic E-state index is 0.131. The van der Waals surface area contributed by atoms with Gasteiger partial charge in [0.05, 0.1) is 29.2 Å². The highest BCUT2D eigenvalue weighted by molar-refractivity contribution is 8.16. The number of amides is 1. The van der Waals surface area contributed by atoms with E-state index in [1.807, 2.05) is 23.1 Å². The number of aliphatic imine (C=N–C) groups is 1. The third-order valence-electron chi connectivity index (χ3n) is 4.95. The second kappa shape index (κ2) is 6.14. The van der Waals surface area contributed by atoms with Gasteiger partial charge in [0.15, 0.2) is 5.17 Å². The average molecular weight is 371 g/mol. The summed E-state index contributed by atoms with van der Waals surface area (Å²) in [5.74, 6) is 0.210. The zero-order chi connectivity index (χ0) is 16.8. The molecule has 2 aromatic rings. The molecule has 0 spiro atoms. The largest absolute Gasteiger partial charge is 0.333 e. The summed E-state index contributed by atoms with van der Waals surface area (Å²) < 4.78 is 1.20. The highest BCUT2D eigenvalue weighted by Gasteiger charge is 2.34. The van der Waals surface area contributed by atoms with E-state index in [1.165, 1.54) is 4.70 Å². The third-order valence-corrected chi connectivity index (χ3v) is 7.04. The molecule has 0 radical (unpaired) electrons. The SMILES string of the molecule is O=C(CC1=CSC2=NCCN12)N1CCC[C@H]1c1nc2ccccc2s1. The highest BCUT2D eigenvalue weighted by Crippen LogP contribution is 2.38. The minimum absolute atomic E-state index is 0.131. The number of nitrogens with zero attached hydrogens (tertiary/aromatic N) is 4. The number of aromatic nitrogens is 1. The van der Waals surface area contributed by atoms with Crippen LogP contribution in [0, 0.1) is 0 Å². The van der Waals surface area contributed by atoms with Crippen LogP contribution in [0.5, 0.6) is 0 Å². The van der Waals surface area contributed by atoms with Crippen molar-refractivity contribution in [2.24, 2.45) is 4.99 Å². The van der Waals surface area contributed by atoms with Crippen LogP contribution in [0.1, 0.15) is 30.3 Å². The lowest BCUT2D eigenvalue weighted by molar-refractivity contribution is -0.131. The zero-order valence-corrected chi connectivity index (χ0v) is 15.4. The van der Waals surface area contributed by atoms with Crippen LogP contribution in [0.25, 0.3) is 10.2 Å². The van der Waals surface area contributed by atoms with Crippen LogP contribution >= 0.6 is 23.1 Å². The van der Waals surface area contributed by atoms with Crippen LogP contribution in [0.3, 0.4) is 0 Å². The Morgan fingerprint density at radius 2 is 2.20 bits per heavy atom. The summed E-state index contributed by atoms with van der Waals surface area (Å²) in [6.45, 7) is 2.58. The average Bonchev–Trinajstić information content (AvgIpc) is 3.38. The van der Waals surface area contributed by atoms with Crippen molar-refractivity contribution in [1.82, 2.24) is 14.8 Å². The first-order valence-corrected chi connectivity index (χ1v) is 10.3. The second-order valence-corrected chi connectivity index (χ2v) is 8.38. The molecule has 4 heterocycles. The van der Waals surface area contributed by atoms with E-state index in [-0.39, 0.29) is 11.9 Å². The monoisotopic (exact) mass is 370 g/mol. The fraction of sp³-hybridized carbons (Fsp3) is 0.389. The van der Waals surface area contributed by atoms with Gasteiger partial charge in [0.25, 0.3) is 0 Å². The van der Waals surface area contributed by atoms with Crippen LogP contribution in [-0.2, 0) is 4.79 Å². The van der Waals surface area contributed by atoms with Crippen molar-refractivity contribution in [2.75, 3.05) is 19.6 Å². The van der Waals surface area contributed by atoms with Gasteiger partial charge in [-0.2, -0.15) is 0 Å². The van der Waals surface area contributed by atoms with Crippen molar-refractivity contribution in [1.29, 1.82) is 0 Å². The van der Waals surface area contributed by atoms with Crippen molar-refractivity contribution in [3.8, 4) is 0 Å². The molecule has 1 amide bonds. The molecule has 3 aliphatic heterocycles. The fourth-order valence-corrected chi connectivity index (χ4v) is 5.80. The number of thioether (sulfide) groups is 1. The number of para-hydroxylation sites is 1. The molecule has 0 saturated carbocycles. The Morgan fingerprint density at radius 3 is 3.12 bits per heavy atom. The standard InChI is InChI=1S/C18H18N4OS2/c23-16(10-12-11-24-18-19-7-9-21(12)18)22-8-3-5-14(22)17-20-13-4-1-2-6-15(13)25-17/h1-2,4,6,11,14H,3,5,7-10H2/t14-/m0/s1. The van der Waals surface area contributed by atoms with Crippen LogP contribution in [0.15, 0.2) is 40.4 Å². The van der Waals surface area contributed by atoms with Crippen molar-refractivity contribution < 1.29 is 4.79 Å². The lowest BCUT2D eigenvalue weighted by Crippen LogP contribution is -2.32. The Balaban J connectivity index is 1.35. The minimum Gasteiger partial charge on any atom is -0.333 e. The van der Waals surface area contributed by atoms with Gasteiger partial charge < -0.3 is 9.80 Å². The van der Waals surface area contributed by atoms with Crippen LogP contribution in [0.4, 0.5) is 0 Å². The maximum atomic E-state index is 13.0. The fourth-order valence-electron chi connectivity index (χ4n) is 3.73. The molecule has 0 unspecified atom stereocenters. The maximum absolute atomic E-state index is 13.0. The summed E-state index contributed by atoms with van der Waals surface area (Å²) in [6, 6.07) is 8.34. The van der Waals surface area contributed by atoms with Crippen molar-refractivity contribution in [3.05, 3.63) is 40.4 Å². The lowest BCUT2D eigenvalue weighted by Gasteiger charge is -2.25. The first-order chi connectivity index (χ1) is 12.3. The summed E-state index contributed by atoms with van der Waals surface area (Å²) >= 11 is 3.36. The predicted molar refractivity (Wildman–Crippen MR) is 103 cm³/mol. The Hall–Kier alpha value is -1.86. The van der Waals surface area contributed by atoms with Gasteiger partial charge in [-0.05, 0) is 30.4 Å². The summed E-state index contributed by atoms with van der Waals surface area (Å²) in [4.78, 5) is 26.4. The topological polar surface area (TPSA) is 48.8 Å². The summed E-state index contributed by atoms with van der Waals surface area (Å²) in [5, 5.41) is 4.20. The molecule has 0 N–H and O–H groups in total. The number of fused-ring (bicyclic) bond motifs is 2. The first-order valence-electron chi connectivity index (χ1n) is 8.62. The smallest absolute Gasteiger partial charge is 0.229 e. The van der Waals surface area contributed by atoms with Gasteiger partial charge in [0, 0.05) is 18.8 Å². The van der Waals surface area contributed by atoms with E-state index in [0.29, 0.717) is 6.42 Å². The number of hydrogen-bond acceptors (Lipinski definition) is 6. The summed E-state index contributed by atoms with van der Waals surface area (Å²) in [7, 11) is 0. The van der Waals surface area contributed by atoms with E-state index in [1.54, 1.807) is 23.1 Å². The normalized spacial score (nSPS) is 22.5. The number of hydrogen-bond donors (Lipinski definition) is 0. The highest BCUT2D eigenvalue weighted by atomic mass is 32.2.